The van der Waals surface area contributed by atoms with Gasteiger partial charge >= 0.3 is 5.69 Å². The Balaban J connectivity index is 1.71. The third kappa shape index (κ3) is 3.16. The maximum Gasteiger partial charge on any atom is 0.334 e. The SMILES string of the molecule is O=c1[nH]c(=O)n(-c2ccc(Cl)cc2)c2c1CN(Cc1ccccc1)CN2. The van der Waals surface area contributed by atoms with Crippen molar-refractivity contribution in [2.75, 3.05) is 12.0 Å². The summed E-state index contributed by atoms with van der Waals surface area (Å²) in [6, 6.07) is 17.0. The minimum atomic E-state index is -0.472. The maximum atomic E-state index is 12.4. The van der Waals surface area contributed by atoms with Crippen LogP contribution in [0.25, 0.3) is 5.69 Å². The molecule has 0 radical (unpaired) electrons. The molecule has 0 bridgehead atoms. The largest absolute Gasteiger partial charge is 0.358 e. The van der Waals surface area contributed by atoms with Crippen LogP contribution in [0.1, 0.15) is 11.1 Å². The fraction of sp³-hybridized carbons (Fsp3) is 0.158. The predicted molar refractivity (Wildman–Crippen MR) is 102 cm³/mol. The van der Waals surface area contributed by atoms with Crippen LogP contribution in [0.4, 0.5) is 5.82 Å². The number of nitrogens with one attached hydrogen (secondary N) is 2. The first-order valence-corrected chi connectivity index (χ1v) is 8.64. The zero-order valence-electron chi connectivity index (χ0n) is 13.9. The zero-order chi connectivity index (χ0) is 18.1. The normalized spacial score (nSPS) is 13.9. The Labute approximate surface area is 154 Å². The first kappa shape index (κ1) is 16.6. The standard InChI is InChI=1S/C19H17ClN4O2/c20-14-6-8-15(9-7-14)24-17-16(18(25)22-19(24)26)11-23(12-21-17)10-13-4-2-1-3-5-13/h1-9,21H,10-12H2,(H,22,25,26). The Bertz CT molecular complexity index is 1040. The summed E-state index contributed by atoms with van der Waals surface area (Å²) < 4.78 is 1.48. The molecule has 1 aromatic heterocycles. The molecule has 2 aromatic carbocycles. The van der Waals surface area contributed by atoms with Gasteiger partial charge in [0.05, 0.1) is 17.9 Å². The van der Waals surface area contributed by atoms with Crippen molar-refractivity contribution < 1.29 is 0 Å². The predicted octanol–water partition coefficient (Wildman–Crippen LogP) is 2.56. The summed E-state index contributed by atoms with van der Waals surface area (Å²) >= 11 is 5.94. The van der Waals surface area contributed by atoms with Crippen LogP contribution in [-0.2, 0) is 13.1 Å². The molecular formula is C19H17ClN4O2. The van der Waals surface area contributed by atoms with E-state index in [2.05, 4.69) is 15.2 Å². The summed E-state index contributed by atoms with van der Waals surface area (Å²) in [5.74, 6) is 0.533. The highest BCUT2D eigenvalue weighted by Crippen LogP contribution is 2.22. The highest BCUT2D eigenvalue weighted by molar-refractivity contribution is 6.30. The van der Waals surface area contributed by atoms with E-state index >= 15 is 0 Å². The zero-order valence-corrected chi connectivity index (χ0v) is 14.7. The summed E-state index contributed by atoms with van der Waals surface area (Å²) in [6.45, 7) is 1.71. The molecule has 26 heavy (non-hydrogen) atoms. The van der Waals surface area contributed by atoms with Crippen molar-refractivity contribution in [2.45, 2.75) is 13.1 Å². The number of hydrogen-bond acceptors (Lipinski definition) is 4. The number of aromatic amines is 1. The van der Waals surface area contributed by atoms with Gasteiger partial charge in [-0.2, -0.15) is 0 Å². The Kier molecular flexibility index (Phi) is 4.36. The van der Waals surface area contributed by atoms with Gasteiger partial charge in [0, 0.05) is 18.1 Å². The van der Waals surface area contributed by atoms with Gasteiger partial charge in [0.25, 0.3) is 5.56 Å². The van der Waals surface area contributed by atoms with Crippen LogP contribution in [0.15, 0.2) is 64.2 Å². The van der Waals surface area contributed by atoms with Crippen molar-refractivity contribution in [1.29, 1.82) is 0 Å². The number of fused-ring (bicyclic) bond motifs is 1. The second-order valence-corrected chi connectivity index (χ2v) is 6.64. The van der Waals surface area contributed by atoms with Crippen molar-refractivity contribution in [1.82, 2.24) is 14.5 Å². The van der Waals surface area contributed by atoms with Crippen molar-refractivity contribution in [2.24, 2.45) is 0 Å². The Morgan fingerprint density at radius 2 is 1.73 bits per heavy atom. The molecule has 6 nitrogen and oxygen atoms in total. The van der Waals surface area contributed by atoms with Gasteiger partial charge in [0.15, 0.2) is 0 Å². The van der Waals surface area contributed by atoms with E-state index in [-0.39, 0.29) is 5.56 Å². The smallest absolute Gasteiger partial charge is 0.334 e. The molecule has 0 spiro atoms. The lowest BCUT2D eigenvalue weighted by Crippen LogP contribution is -2.42. The second-order valence-electron chi connectivity index (χ2n) is 6.21. The van der Waals surface area contributed by atoms with E-state index in [0.717, 1.165) is 0 Å². The summed E-state index contributed by atoms with van der Waals surface area (Å²) in [7, 11) is 0. The maximum absolute atomic E-state index is 12.4. The van der Waals surface area contributed by atoms with Gasteiger partial charge < -0.3 is 5.32 Å². The highest BCUT2D eigenvalue weighted by atomic mass is 35.5. The topological polar surface area (TPSA) is 70.1 Å². The van der Waals surface area contributed by atoms with Crippen LogP contribution >= 0.6 is 11.6 Å². The van der Waals surface area contributed by atoms with E-state index < -0.39 is 5.69 Å². The monoisotopic (exact) mass is 368 g/mol. The van der Waals surface area contributed by atoms with E-state index in [9.17, 15) is 9.59 Å². The molecule has 0 aliphatic carbocycles. The number of hydrogen-bond donors (Lipinski definition) is 2. The molecule has 0 saturated heterocycles. The van der Waals surface area contributed by atoms with E-state index in [1.165, 1.54) is 10.1 Å². The van der Waals surface area contributed by atoms with Gasteiger partial charge in [-0.25, -0.2) is 9.36 Å². The van der Waals surface area contributed by atoms with Crippen molar-refractivity contribution in [3.63, 3.8) is 0 Å². The summed E-state index contributed by atoms with van der Waals surface area (Å²) in [6.07, 6.45) is 0. The molecule has 1 aliphatic heterocycles. The number of aromatic nitrogens is 2. The first-order valence-electron chi connectivity index (χ1n) is 8.26. The minimum Gasteiger partial charge on any atom is -0.358 e. The molecule has 2 heterocycles. The molecule has 4 rings (SSSR count). The molecule has 0 atom stereocenters. The van der Waals surface area contributed by atoms with Gasteiger partial charge in [0.1, 0.15) is 5.82 Å². The molecule has 0 saturated carbocycles. The number of H-pyrrole nitrogens is 1. The lowest BCUT2D eigenvalue weighted by Gasteiger charge is -2.30. The van der Waals surface area contributed by atoms with Gasteiger partial charge in [-0.1, -0.05) is 41.9 Å². The van der Waals surface area contributed by atoms with E-state index in [4.69, 9.17) is 11.6 Å². The highest BCUT2D eigenvalue weighted by Gasteiger charge is 2.23. The Morgan fingerprint density at radius 3 is 2.46 bits per heavy atom. The molecular weight excluding hydrogens is 352 g/mol. The average molecular weight is 369 g/mol. The van der Waals surface area contributed by atoms with Crippen LogP contribution in [0, 0.1) is 0 Å². The van der Waals surface area contributed by atoms with Gasteiger partial charge in [-0.3, -0.25) is 14.7 Å². The molecule has 1 aliphatic rings. The molecule has 3 aromatic rings. The number of halogens is 1. The third-order valence-corrected chi connectivity index (χ3v) is 4.64. The number of anilines is 1. The Hall–Kier alpha value is -2.83. The van der Waals surface area contributed by atoms with Crippen molar-refractivity contribution >= 4 is 17.4 Å². The number of rotatable bonds is 3. The number of nitrogens with zero attached hydrogens (tertiary/aromatic N) is 2. The Morgan fingerprint density at radius 1 is 1.00 bits per heavy atom. The molecule has 2 N–H and O–H groups in total. The van der Waals surface area contributed by atoms with Gasteiger partial charge in [-0.15, -0.1) is 0 Å². The first-order chi connectivity index (χ1) is 12.6. The minimum absolute atomic E-state index is 0.361. The summed E-state index contributed by atoms with van der Waals surface area (Å²) in [5, 5.41) is 3.82. The third-order valence-electron chi connectivity index (χ3n) is 4.39. The second kappa shape index (κ2) is 6.82. The molecule has 0 unspecified atom stereocenters. The van der Waals surface area contributed by atoms with Gasteiger partial charge in [0.2, 0.25) is 0 Å². The average Bonchev–Trinajstić information content (AvgIpc) is 2.64. The molecule has 0 fully saturated rings. The lowest BCUT2D eigenvalue weighted by molar-refractivity contribution is 0.263. The van der Waals surface area contributed by atoms with E-state index in [0.29, 0.717) is 41.8 Å². The van der Waals surface area contributed by atoms with Crippen LogP contribution in [0.3, 0.4) is 0 Å². The fourth-order valence-electron chi connectivity index (χ4n) is 3.16. The molecule has 7 heteroatoms. The van der Waals surface area contributed by atoms with Crippen molar-refractivity contribution in [3.8, 4) is 5.69 Å². The summed E-state index contributed by atoms with van der Waals surface area (Å²) in [4.78, 5) is 29.3. The van der Waals surface area contributed by atoms with Gasteiger partial charge in [-0.05, 0) is 29.8 Å². The quantitative estimate of drug-likeness (QED) is 0.745. The molecule has 132 valence electrons. The van der Waals surface area contributed by atoms with Crippen LogP contribution < -0.4 is 16.6 Å². The number of benzene rings is 2. The van der Waals surface area contributed by atoms with Crippen LogP contribution in [0.2, 0.25) is 5.02 Å². The summed E-state index contributed by atoms with van der Waals surface area (Å²) in [5.41, 5.74) is 1.53. The van der Waals surface area contributed by atoms with E-state index in [1.807, 2.05) is 30.3 Å². The molecule has 0 amide bonds. The van der Waals surface area contributed by atoms with Crippen molar-refractivity contribution in [3.05, 3.63) is 91.6 Å². The van der Waals surface area contributed by atoms with Crippen LogP contribution in [0.5, 0.6) is 0 Å². The fourth-order valence-corrected chi connectivity index (χ4v) is 3.29. The lowest BCUT2D eigenvalue weighted by atomic mass is 10.1. The van der Waals surface area contributed by atoms with Crippen LogP contribution in [-0.4, -0.2) is 21.1 Å². The van der Waals surface area contributed by atoms with E-state index in [1.54, 1.807) is 24.3 Å².